The third-order valence-corrected chi connectivity index (χ3v) is 4.96. The van der Waals surface area contributed by atoms with Crippen molar-refractivity contribution in [2.45, 2.75) is 32.7 Å². The van der Waals surface area contributed by atoms with Crippen LogP contribution in [0.3, 0.4) is 0 Å². The number of hydrogen-bond acceptors (Lipinski definition) is 6. The highest BCUT2D eigenvalue weighted by molar-refractivity contribution is 7.09. The molecule has 3 heterocycles. The van der Waals surface area contributed by atoms with Crippen LogP contribution < -0.4 is 5.32 Å². The Kier molecular flexibility index (Phi) is 3.33. The summed E-state index contributed by atoms with van der Waals surface area (Å²) in [7, 11) is 0. The Hall–Kier alpha value is -2.35. The predicted molar refractivity (Wildman–Crippen MR) is 85.3 cm³/mol. The molecule has 1 saturated carbocycles. The molecule has 8 heteroatoms. The summed E-state index contributed by atoms with van der Waals surface area (Å²) >= 11 is 1.59. The Morgan fingerprint density at radius 2 is 2.22 bits per heavy atom. The van der Waals surface area contributed by atoms with E-state index in [2.05, 4.69) is 25.4 Å². The number of fused-ring (bicyclic) bond motifs is 1. The van der Waals surface area contributed by atoms with Crippen LogP contribution in [0.4, 0.5) is 0 Å². The summed E-state index contributed by atoms with van der Waals surface area (Å²) in [6, 6.07) is 1.77. The zero-order chi connectivity index (χ0) is 16.0. The molecule has 0 radical (unpaired) electrons. The van der Waals surface area contributed by atoms with Crippen LogP contribution in [0.15, 0.2) is 17.6 Å². The van der Waals surface area contributed by atoms with Crippen molar-refractivity contribution in [3.63, 3.8) is 0 Å². The molecule has 1 amide bonds. The van der Waals surface area contributed by atoms with E-state index in [0.29, 0.717) is 11.7 Å². The molecule has 4 rings (SSSR count). The van der Waals surface area contributed by atoms with Crippen LogP contribution in [0.1, 0.15) is 45.9 Å². The Morgan fingerprint density at radius 1 is 1.39 bits per heavy atom. The van der Waals surface area contributed by atoms with E-state index in [-0.39, 0.29) is 17.8 Å². The largest absolute Gasteiger partial charge is 0.340 e. The highest BCUT2D eigenvalue weighted by Gasteiger charge is 2.36. The maximum Gasteiger partial charge on any atom is 0.291 e. The van der Waals surface area contributed by atoms with Gasteiger partial charge in [-0.15, -0.1) is 16.4 Å². The van der Waals surface area contributed by atoms with Crippen LogP contribution in [-0.2, 0) is 0 Å². The number of nitrogens with one attached hydrogen (secondary N) is 1. The van der Waals surface area contributed by atoms with E-state index in [0.717, 1.165) is 29.2 Å². The number of nitrogens with zero attached hydrogens (tertiary/aromatic N) is 5. The van der Waals surface area contributed by atoms with Crippen molar-refractivity contribution < 1.29 is 4.79 Å². The molecule has 0 aromatic carbocycles. The highest BCUT2D eigenvalue weighted by Crippen LogP contribution is 2.41. The Bertz CT molecular complexity index is 881. The lowest BCUT2D eigenvalue weighted by molar-refractivity contribution is 0.0921. The maximum absolute atomic E-state index is 12.5. The van der Waals surface area contributed by atoms with Crippen LogP contribution in [-0.4, -0.2) is 30.5 Å². The quantitative estimate of drug-likeness (QED) is 0.792. The number of amides is 1. The topological polar surface area (TPSA) is 85.1 Å². The fourth-order valence-corrected chi connectivity index (χ4v) is 3.47. The van der Waals surface area contributed by atoms with Gasteiger partial charge in [0.2, 0.25) is 5.82 Å². The van der Waals surface area contributed by atoms with Gasteiger partial charge in [0.15, 0.2) is 0 Å². The van der Waals surface area contributed by atoms with Gasteiger partial charge in [-0.05, 0) is 38.7 Å². The Morgan fingerprint density at radius 3 is 2.87 bits per heavy atom. The molecule has 1 fully saturated rings. The van der Waals surface area contributed by atoms with E-state index < -0.39 is 0 Å². The fourth-order valence-electron chi connectivity index (χ4n) is 2.53. The van der Waals surface area contributed by atoms with Gasteiger partial charge in [-0.2, -0.15) is 4.98 Å². The molecule has 1 aliphatic rings. The monoisotopic (exact) mass is 328 g/mol. The molecular formula is C15H16N6OS. The second kappa shape index (κ2) is 5.38. The third kappa shape index (κ3) is 2.70. The van der Waals surface area contributed by atoms with Gasteiger partial charge in [-0.3, -0.25) is 4.79 Å². The number of hydrogen-bond donors (Lipinski definition) is 1. The second-order valence-corrected chi connectivity index (χ2v) is 6.74. The second-order valence-electron chi connectivity index (χ2n) is 5.85. The van der Waals surface area contributed by atoms with Crippen LogP contribution in [0.2, 0.25) is 0 Å². The van der Waals surface area contributed by atoms with E-state index in [4.69, 9.17) is 0 Å². The van der Waals surface area contributed by atoms with E-state index in [1.807, 2.05) is 25.3 Å². The smallest absolute Gasteiger partial charge is 0.291 e. The number of thiazole rings is 1. The van der Waals surface area contributed by atoms with Gasteiger partial charge in [-0.25, -0.2) is 14.5 Å². The number of carbonyl (C=O) groups excluding carboxylic acids is 1. The minimum absolute atomic E-state index is 0.0538. The third-order valence-electron chi connectivity index (χ3n) is 3.92. The van der Waals surface area contributed by atoms with Crippen molar-refractivity contribution >= 4 is 23.0 Å². The molecule has 0 spiro atoms. The molecule has 3 aromatic rings. The van der Waals surface area contributed by atoms with Crippen molar-refractivity contribution in [1.29, 1.82) is 0 Å². The van der Waals surface area contributed by atoms with Gasteiger partial charge in [0, 0.05) is 23.0 Å². The molecule has 7 nitrogen and oxygen atoms in total. The fraction of sp³-hybridized carbons (Fsp3) is 0.400. The number of aryl methyl sites for hydroxylation is 2. The van der Waals surface area contributed by atoms with Crippen LogP contribution in [0, 0.1) is 19.8 Å². The van der Waals surface area contributed by atoms with E-state index in [9.17, 15) is 4.79 Å². The van der Waals surface area contributed by atoms with Crippen molar-refractivity contribution in [3.05, 3.63) is 39.9 Å². The first-order valence-electron chi connectivity index (χ1n) is 7.53. The zero-order valence-corrected chi connectivity index (χ0v) is 13.7. The lowest BCUT2D eigenvalue weighted by Gasteiger charge is -2.14. The van der Waals surface area contributed by atoms with Crippen LogP contribution in [0.5, 0.6) is 0 Å². The molecule has 0 bridgehead atoms. The first-order valence-corrected chi connectivity index (χ1v) is 8.41. The summed E-state index contributed by atoms with van der Waals surface area (Å²) in [5.74, 6) is 0.759. The molecule has 3 aromatic heterocycles. The summed E-state index contributed by atoms with van der Waals surface area (Å²) in [5, 5.41) is 10.3. The van der Waals surface area contributed by atoms with E-state index in [1.165, 1.54) is 0 Å². The molecule has 1 aliphatic carbocycles. The van der Waals surface area contributed by atoms with Crippen molar-refractivity contribution in [2.75, 3.05) is 0 Å². The normalized spacial score (nSPS) is 15.7. The number of aromatic nitrogens is 5. The molecular weight excluding hydrogens is 312 g/mol. The van der Waals surface area contributed by atoms with E-state index in [1.54, 1.807) is 22.0 Å². The lowest BCUT2D eigenvalue weighted by Crippen LogP contribution is -2.30. The van der Waals surface area contributed by atoms with Crippen LogP contribution in [0.25, 0.3) is 5.78 Å². The zero-order valence-electron chi connectivity index (χ0n) is 12.9. The molecule has 23 heavy (non-hydrogen) atoms. The SMILES string of the molecule is Cc1csc(C(NC(=O)c2nc3nccc(C)n3n2)C2CC2)n1. The standard InChI is InChI=1S/C15H16N6OS/c1-8-7-23-14(17-8)11(10-3-4-10)18-13(22)12-19-15-16-6-5-9(2)21(15)20-12/h5-7,10-11H,3-4H2,1-2H3,(H,18,22). The van der Waals surface area contributed by atoms with Gasteiger partial charge in [0.25, 0.3) is 11.7 Å². The number of rotatable bonds is 4. The van der Waals surface area contributed by atoms with Gasteiger partial charge in [0.05, 0.1) is 6.04 Å². The first kappa shape index (κ1) is 14.3. The summed E-state index contributed by atoms with van der Waals surface area (Å²) in [6.45, 7) is 3.86. The molecule has 0 aliphatic heterocycles. The maximum atomic E-state index is 12.5. The molecule has 118 valence electrons. The van der Waals surface area contributed by atoms with Gasteiger partial charge in [-0.1, -0.05) is 0 Å². The summed E-state index contributed by atoms with van der Waals surface area (Å²) < 4.78 is 1.58. The average molecular weight is 328 g/mol. The predicted octanol–water partition coefficient (Wildman–Crippen LogP) is 2.08. The summed E-state index contributed by atoms with van der Waals surface area (Å²) in [5.41, 5.74) is 1.87. The first-order chi connectivity index (χ1) is 11.1. The van der Waals surface area contributed by atoms with Gasteiger partial charge >= 0.3 is 0 Å². The van der Waals surface area contributed by atoms with Crippen molar-refractivity contribution in [1.82, 2.24) is 29.9 Å². The van der Waals surface area contributed by atoms with Gasteiger partial charge < -0.3 is 5.32 Å². The minimum atomic E-state index is -0.278. The van der Waals surface area contributed by atoms with E-state index >= 15 is 0 Å². The van der Waals surface area contributed by atoms with Crippen molar-refractivity contribution in [3.8, 4) is 0 Å². The molecule has 1 atom stereocenters. The summed E-state index contributed by atoms with van der Waals surface area (Å²) in [6.07, 6.45) is 3.89. The molecule has 0 saturated heterocycles. The highest BCUT2D eigenvalue weighted by atomic mass is 32.1. The lowest BCUT2D eigenvalue weighted by atomic mass is 10.2. The summed E-state index contributed by atoms with van der Waals surface area (Å²) in [4.78, 5) is 25.4. The number of carbonyl (C=O) groups is 1. The molecule has 1 unspecified atom stereocenters. The Labute approximate surface area is 136 Å². The van der Waals surface area contributed by atoms with Crippen molar-refractivity contribution in [2.24, 2.45) is 5.92 Å². The minimum Gasteiger partial charge on any atom is -0.340 e. The average Bonchev–Trinajstić information content (AvgIpc) is 3.11. The Balaban J connectivity index is 1.61. The van der Waals surface area contributed by atoms with Crippen LogP contribution >= 0.6 is 11.3 Å². The van der Waals surface area contributed by atoms with Gasteiger partial charge in [0.1, 0.15) is 5.01 Å². The molecule has 1 N–H and O–H groups in total.